The van der Waals surface area contributed by atoms with Crippen molar-refractivity contribution in [3.05, 3.63) is 33.9 Å². The van der Waals surface area contributed by atoms with Crippen LogP contribution in [0.3, 0.4) is 0 Å². The third-order valence-electron chi connectivity index (χ3n) is 4.15. The van der Waals surface area contributed by atoms with Gasteiger partial charge in [0, 0.05) is 31.8 Å². The molecule has 1 aromatic rings. The summed E-state index contributed by atoms with van der Waals surface area (Å²) in [4.78, 5) is 24.8. The molecule has 0 radical (unpaired) electrons. The number of carbonyl (C=O) groups excluding carboxylic acids is 1. The van der Waals surface area contributed by atoms with Gasteiger partial charge in [-0.15, -0.1) is 0 Å². The van der Waals surface area contributed by atoms with Crippen LogP contribution in [-0.4, -0.2) is 35.9 Å². The summed E-state index contributed by atoms with van der Waals surface area (Å²) >= 11 is 0. The Morgan fingerprint density at radius 2 is 2.00 bits per heavy atom. The molecule has 0 unspecified atom stereocenters. The van der Waals surface area contributed by atoms with Gasteiger partial charge >= 0.3 is 0 Å². The number of hydrogen-bond acceptors (Lipinski definition) is 4. The van der Waals surface area contributed by atoms with Crippen molar-refractivity contribution in [2.24, 2.45) is 0 Å². The molecule has 0 heterocycles. The molecule has 1 fully saturated rings. The molecule has 1 amide bonds. The van der Waals surface area contributed by atoms with Crippen LogP contribution in [0.15, 0.2) is 18.2 Å². The molecule has 0 aliphatic heterocycles. The largest absolute Gasteiger partial charge is 0.383 e. The van der Waals surface area contributed by atoms with E-state index < -0.39 is 4.92 Å². The van der Waals surface area contributed by atoms with Crippen molar-refractivity contribution in [1.82, 2.24) is 4.90 Å². The highest BCUT2D eigenvalue weighted by molar-refractivity contribution is 5.96. The van der Waals surface area contributed by atoms with Crippen molar-refractivity contribution < 1.29 is 9.72 Å². The Kier molecular flexibility index (Phi) is 4.77. The van der Waals surface area contributed by atoms with Gasteiger partial charge in [0.05, 0.1) is 4.92 Å². The fourth-order valence-electron chi connectivity index (χ4n) is 2.87. The van der Waals surface area contributed by atoms with Crippen molar-refractivity contribution in [1.29, 1.82) is 0 Å². The molecule has 1 N–H and O–H groups in total. The lowest BCUT2D eigenvalue weighted by Crippen LogP contribution is -2.38. The first kappa shape index (κ1) is 15.3. The van der Waals surface area contributed by atoms with Crippen LogP contribution in [0, 0.1) is 10.1 Å². The van der Waals surface area contributed by atoms with Crippen molar-refractivity contribution >= 4 is 17.3 Å². The van der Waals surface area contributed by atoms with Crippen LogP contribution in [0.5, 0.6) is 0 Å². The highest BCUT2D eigenvalue weighted by Gasteiger charge is 2.24. The number of anilines is 1. The van der Waals surface area contributed by atoms with E-state index in [1.807, 2.05) is 7.05 Å². The van der Waals surface area contributed by atoms with Gasteiger partial charge in [0.15, 0.2) is 0 Å². The maximum absolute atomic E-state index is 12.5. The van der Waals surface area contributed by atoms with Crippen molar-refractivity contribution in [2.45, 2.75) is 38.1 Å². The van der Waals surface area contributed by atoms with E-state index in [4.69, 9.17) is 0 Å². The van der Waals surface area contributed by atoms with E-state index in [0.29, 0.717) is 11.3 Å². The molecule has 1 aromatic carbocycles. The molecule has 6 nitrogen and oxygen atoms in total. The Morgan fingerprint density at radius 3 is 2.57 bits per heavy atom. The minimum atomic E-state index is -0.453. The maximum atomic E-state index is 12.5. The van der Waals surface area contributed by atoms with Gasteiger partial charge in [-0.1, -0.05) is 19.3 Å². The van der Waals surface area contributed by atoms with Crippen LogP contribution < -0.4 is 5.32 Å². The molecule has 114 valence electrons. The summed E-state index contributed by atoms with van der Waals surface area (Å²) in [5.74, 6) is -0.0757. The number of nitrogens with one attached hydrogen (secondary N) is 1. The maximum Gasteiger partial charge on any atom is 0.292 e. The standard InChI is InChI=1S/C15H21N3O3/c1-16-13-10-11(8-9-14(13)18(20)21)15(19)17(2)12-6-4-3-5-7-12/h8-10,12,16H,3-7H2,1-2H3. The summed E-state index contributed by atoms with van der Waals surface area (Å²) in [5.41, 5.74) is 0.829. The smallest absolute Gasteiger partial charge is 0.292 e. The number of hydrogen-bond donors (Lipinski definition) is 1. The van der Waals surface area contributed by atoms with Gasteiger partial charge in [-0.2, -0.15) is 0 Å². The van der Waals surface area contributed by atoms with Gasteiger partial charge in [0.25, 0.3) is 11.6 Å². The second-order valence-electron chi connectivity index (χ2n) is 5.45. The van der Waals surface area contributed by atoms with E-state index in [1.54, 1.807) is 18.0 Å². The third-order valence-corrected chi connectivity index (χ3v) is 4.15. The summed E-state index contributed by atoms with van der Waals surface area (Å²) in [5, 5.41) is 13.7. The minimum Gasteiger partial charge on any atom is -0.383 e. The van der Waals surface area contributed by atoms with E-state index in [-0.39, 0.29) is 17.6 Å². The minimum absolute atomic E-state index is 0.0191. The zero-order chi connectivity index (χ0) is 15.4. The fraction of sp³-hybridized carbons (Fsp3) is 0.533. The first-order chi connectivity index (χ1) is 10.0. The number of nitro groups is 1. The summed E-state index contributed by atoms with van der Waals surface area (Å²) in [6.45, 7) is 0. The average molecular weight is 291 g/mol. The number of nitro benzene ring substituents is 1. The highest BCUT2D eigenvalue weighted by atomic mass is 16.6. The Morgan fingerprint density at radius 1 is 1.33 bits per heavy atom. The Labute approximate surface area is 124 Å². The number of benzene rings is 1. The molecular formula is C15H21N3O3. The molecule has 0 spiro atoms. The quantitative estimate of drug-likeness (QED) is 0.683. The predicted molar refractivity (Wildman–Crippen MR) is 81.6 cm³/mol. The van der Waals surface area contributed by atoms with Crippen LogP contribution in [0.4, 0.5) is 11.4 Å². The second kappa shape index (κ2) is 6.56. The van der Waals surface area contributed by atoms with E-state index in [0.717, 1.165) is 25.7 Å². The zero-order valence-electron chi connectivity index (χ0n) is 12.5. The average Bonchev–Trinajstić information content (AvgIpc) is 2.53. The molecular weight excluding hydrogens is 270 g/mol. The second-order valence-corrected chi connectivity index (χ2v) is 5.45. The number of nitrogens with zero attached hydrogens (tertiary/aromatic N) is 2. The Balaban J connectivity index is 2.20. The Bertz CT molecular complexity index is 539. The summed E-state index contributed by atoms with van der Waals surface area (Å²) < 4.78 is 0. The van der Waals surface area contributed by atoms with Crippen molar-refractivity contribution in [2.75, 3.05) is 19.4 Å². The first-order valence-corrected chi connectivity index (χ1v) is 7.28. The molecule has 0 aromatic heterocycles. The topological polar surface area (TPSA) is 75.5 Å². The number of carbonyl (C=O) groups is 1. The van der Waals surface area contributed by atoms with Crippen LogP contribution >= 0.6 is 0 Å². The van der Waals surface area contributed by atoms with Gasteiger partial charge in [-0.3, -0.25) is 14.9 Å². The van der Waals surface area contributed by atoms with Gasteiger partial charge < -0.3 is 10.2 Å². The van der Waals surface area contributed by atoms with Crippen molar-refractivity contribution in [3.8, 4) is 0 Å². The van der Waals surface area contributed by atoms with Crippen LogP contribution in [-0.2, 0) is 0 Å². The first-order valence-electron chi connectivity index (χ1n) is 7.28. The third kappa shape index (κ3) is 3.32. The summed E-state index contributed by atoms with van der Waals surface area (Å²) in [7, 11) is 3.43. The van der Waals surface area contributed by atoms with Crippen LogP contribution in [0.2, 0.25) is 0 Å². The summed E-state index contributed by atoms with van der Waals surface area (Å²) in [6.07, 6.45) is 5.62. The lowest BCUT2D eigenvalue weighted by atomic mass is 9.94. The molecule has 1 aliphatic carbocycles. The highest BCUT2D eigenvalue weighted by Crippen LogP contribution is 2.27. The van der Waals surface area contributed by atoms with E-state index in [2.05, 4.69) is 5.32 Å². The molecule has 6 heteroatoms. The van der Waals surface area contributed by atoms with Crippen molar-refractivity contribution in [3.63, 3.8) is 0 Å². The monoisotopic (exact) mass is 291 g/mol. The van der Waals surface area contributed by atoms with Crippen LogP contribution in [0.25, 0.3) is 0 Å². The number of rotatable bonds is 4. The molecule has 0 saturated heterocycles. The number of amides is 1. The van der Waals surface area contributed by atoms with Gasteiger partial charge in [-0.25, -0.2) is 0 Å². The normalized spacial score (nSPS) is 15.5. The molecule has 2 rings (SSSR count). The van der Waals surface area contributed by atoms with Gasteiger partial charge in [0.2, 0.25) is 0 Å². The lowest BCUT2D eigenvalue weighted by Gasteiger charge is -2.31. The Hall–Kier alpha value is -2.11. The molecule has 1 aliphatic rings. The predicted octanol–water partition coefficient (Wildman–Crippen LogP) is 3.04. The fourth-order valence-corrected chi connectivity index (χ4v) is 2.87. The molecule has 21 heavy (non-hydrogen) atoms. The van der Waals surface area contributed by atoms with E-state index >= 15 is 0 Å². The summed E-state index contributed by atoms with van der Waals surface area (Å²) in [6, 6.07) is 4.74. The van der Waals surface area contributed by atoms with Crippen LogP contribution in [0.1, 0.15) is 42.5 Å². The molecule has 0 bridgehead atoms. The molecule has 0 atom stereocenters. The SMILES string of the molecule is CNc1cc(C(=O)N(C)C2CCCCC2)ccc1[N+](=O)[O-]. The lowest BCUT2D eigenvalue weighted by molar-refractivity contribution is -0.383. The van der Waals surface area contributed by atoms with E-state index in [1.165, 1.54) is 18.6 Å². The molecule has 1 saturated carbocycles. The van der Waals surface area contributed by atoms with Gasteiger partial charge in [0.1, 0.15) is 5.69 Å². The van der Waals surface area contributed by atoms with Gasteiger partial charge in [-0.05, 0) is 25.0 Å². The van der Waals surface area contributed by atoms with E-state index in [9.17, 15) is 14.9 Å². The zero-order valence-corrected chi connectivity index (χ0v) is 12.5.